The monoisotopic (exact) mass is 243 g/mol. The van der Waals surface area contributed by atoms with Gasteiger partial charge in [-0.15, -0.1) is 5.16 Å². The van der Waals surface area contributed by atoms with Crippen molar-refractivity contribution in [3.63, 3.8) is 0 Å². The third-order valence-electron chi connectivity index (χ3n) is 3.17. The molecule has 2 unspecified atom stereocenters. The van der Waals surface area contributed by atoms with Crippen molar-refractivity contribution < 1.29 is 14.7 Å². The number of oxime groups is 1. The summed E-state index contributed by atoms with van der Waals surface area (Å²) in [5, 5.41) is 14.4. The highest BCUT2D eigenvalue weighted by Crippen LogP contribution is 2.32. The number of nitrogens with one attached hydrogen (secondary N) is 1. The van der Waals surface area contributed by atoms with E-state index in [1.54, 1.807) is 7.05 Å². The summed E-state index contributed by atoms with van der Waals surface area (Å²) in [5.74, 6) is -0.537. The van der Waals surface area contributed by atoms with Gasteiger partial charge in [-0.1, -0.05) is 13.8 Å². The van der Waals surface area contributed by atoms with Gasteiger partial charge in [0.05, 0.1) is 18.7 Å². The van der Waals surface area contributed by atoms with Gasteiger partial charge in [0.25, 0.3) is 0 Å². The Balaban J connectivity index is 2.99. The zero-order valence-electron chi connectivity index (χ0n) is 10.8. The van der Waals surface area contributed by atoms with Gasteiger partial charge in [0.15, 0.2) is 0 Å². The summed E-state index contributed by atoms with van der Waals surface area (Å²) in [6.07, 6.45) is 1.09. The first-order valence-electron chi connectivity index (χ1n) is 5.66. The first-order chi connectivity index (χ1) is 7.94. The van der Waals surface area contributed by atoms with Gasteiger partial charge in [0, 0.05) is 19.0 Å². The molecule has 0 aromatic carbocycles. The molecule has 0 aromatic rings. The van der Waals surface area contributed by atoms with Gasteiger partial charge in [-0.2, -0.15) is 0 Å². The fourth-order valence-corrected chi connectivity index (χ4v) is 2.14. The van der Waals surface area contributed by atoms with Gasteiger partial charge in [-0.25, -0.2) is 0 Å². The molecule has 0 bridgehead atoms. The Hall–Kier alpha value is -1.14. The van der Waals surface area contributed by atoms with Gasteiger partial charge in [-0.05, 0) is 7.05 Å². The third-order valence-corrected chi connectivity index (χ3v) is 3.17. The Kier molecular flexibility index (Phi) is 4.47. The summed E-state index contributed by atoms with van der Waals surface area (Å²) in [5.41, 5.74) is -0.585. The lowest BCUT2D eigenvalue weighted by Crippen LogP contribution is -2.50. The quantitative estimate of drug-likeness (QED) is 0.418. The number of rotatable bonds is 4. The maximum atomic E-state index is 12.0. The summed E-state index contributed by atoms with van der Waals surface area (Å²) in [4.78, 5) is 14.0. The minimum absolute atomic E-state index is 0.117. The molecule has 6 heteroatoms. The number of ether oxygens (including phenoxy) is 1. The highest BCUT2D eigenvalue weighted by molar-refractivity contribution is 5.84. The van der Waals surface area contributed by atoms with Crippen LogP contribution in [0.25, 0.3) is 0 Å². The lowest BCUT2D eigenvalue weighted by atomic mass is 9.77. The second kappa shape index (κ2) is 5.46. The zero-order valence-corrected chi connectivity index (χ0v) is 10.8. The van der Waals surface area contributed by atoms with Gasteiger partial charge < -0.3 is 15.3 Å². The van der Waals surface area contributed by atoms with E-state index in [0.717, 1.165) is 6.54 Å². The van der Waals surface area contributed by atoms with Gasteiger partial charge in [-0.3, -0.25) is 9.69 Å². The number of carbonyl (C=O) groups excluding carboxylic acids is 1. The maximum Gasteiger partial charge on any atom is 0.227 e. The van der Waals surface area contributed by atoms with Crippen LogP contribution in [-0.2, 0) is 9.53 Å². The van der Waals surface area contributed by atoms with Crippen molar-refractivity contribution in [2.75, 3.05) is 27.2 Å². The molecule has 1 aliphatic rings. The van der Waals surface area contributed by atoms with Crippen molar-refractivity contribution in [1.29, 1.82) is 0 Å². The van der Waals surface area contributed by atoms with Crippen molar-refractivity contribution in [2.45, 2.75) is 20.1 Å². The molecule has 1 heterocycles. The van der Waals surface area contributed by atoms with E-state index in [2.05, 4.69) is 10.5 Å². The Morgan fingerprint density at radius 3 is 2.76 bits per heavy atom. The van der Waals surface area contributed by atoms with E-state index in [4.69, 9.17) is 9.94 Å². The summed E-state index contributed by atoms with van der Waals surface area (Å²) in [6.45, 7) is 5.11. The van der Waals surface area contributed by atoms with E-state index in [1.807, 2.05) is 25.8 Å². The molecule has 0 radical (unpaired) electrons. The summed E-state index contributed by atoms with van der Waals surface area (Å²) in [6, 6.07) is 0. The zero-order chi connectivity index (χ0) is 13.1. The molecular weight excluding hydrogens is 222 g/mol. The number of nitrogens with zero attached hydrogens (tertiary/aromatic N) is 2. The minimum atomic E-state index is -0.585. The Labute approximate surface area is 102 Å². The molecule has 1 rings (SSSR count). The van der Waals surface area contributed by atoms with Crippen LogP contribution in [0, 0.1) is 11.3 Å². The van der Waals surface area contributed by atoms with Crippen molar-refractivity contribution >= 4 is 12.1 Å². The number of likely N-dealkylation sites (N-methyl/N-ethyl adjacent to an activating group) is 1. The molecule has 2 N–H and O–H groups in total. The molecule has 98 valence electrons. The minimum Gasteiger partial charge on any atom is -0.411 e. The maximum absolute atomic E-state index is 12.0. The highest BCUT2D eigenvalue weighted by Gasteiger charge is 2.44. The molecule has 17 heavy (non-hydrogen) atoms. The molecule has 0 aromatic heterocycles. The van der Waals surface area contributed by atoms with E-state index in [1.165, 1.54) is 6.21 Å². The second-order valence-corrected chi connectivity index (χ2v) is 4.90. The predicted octanol–water partition coefficient (Wildman–Crippen LogP) is 0.123. The van der Waals surface area contributed by atoms with Crippen molar-refractivity contribution in [1.82, 2.24) is 10.2 Å². The largest absolute Gasteiger partial charge is 0.411 e. The van der Waals surface area contributed by atoms with E-state index in [9.17, 15) is 4.79 Å². The normalized spacial score (nSPS) is 24.1. The summed E-state index contributed by atoms with van der Waals surface area (Å²) < 4.78 is 5.60. The number of hydrogen-bond acceptors (Lipinski definition) is 5. The molecule has 0 aliphatic carbocycles. The van der Waals surface area contributed by atoms with Crippen LogP contribution in [0.15, 0.2) is 5.16 Å². The number of amides is 1. The fraction of sp³-hybridized carbons (Fsp3) is 0.818. The topological polar surface area (TPSA) is 74.2 Å². The van der Waals surface area contributed by atoms with Crippen molar-refractivity contribution in [3.8, 4) is 0 Å². The molecule has 2 atom stereocenters. The van der Waals surface area contributed by atoms with Crippen molar-refractivity contribution in [2.24, 2.45) is 16.5 Å². The number of carbonyl (C=O) groups is 1. The first-order valence-corrected chi connectivity index (χ1v) is 5.66. The van der Waals surface area contributed by atoms with Crippen molar-refractivity contribution in [3.05, 3.63) is 0 Å². The van der Waals surface area contributed by atoms with Crippen LogP contribution in [0.1, 0.15) is 13.8 Å². The first kappa shape index (κ1) is 13.9. The van der Waals surface area contributed by atoms with Crippen LogP contribution in [-0.4, -0.2) is 55.7 Å². The molecule has 0 spiro atoms. The molecule has 1 aliphatic heterocycles. The highest BCUT2D eigenvalue weighted by atomic mass is 16.5. The average Bonchev–Trinajstić information content (AvgIpc) is 2.64. The smallest absolute Gasteiger partial charge is 0.227 e. The van der Waals surface area contributed by atoms with E-state index in [0.29, 0.717) is 6.61 Å². The van der Waals surface area contributed by atoms with Crippen LogP contribution in [0.5, 0.6) is 0 Å². The van der Waals surface area contributed by atoms with E-state index >= 15 is 0 Å². The molecule has 1 fully saturated rings. The van der Waals surface area contributed by atoms with Gasteiger partial charge >= 0.3 is 0 Å². The standard InChI is InChI=1S/C11H21N3O3/c1-11(2,7-13-16)8(9(15)12-3)10-14(4)5-6-17-10/h7-8,10,16H,5-6H2,1-4H3,(H,12,15). The van der Waals surface area contributed by atoms with Gasteiger partial charge in [0.1, 0.15) is 6.23 Å². The van der Waals surface area contributed by atoms with E-state index < -0.39 is 11.3 Å². The lowest BCUT2D eigenvalue weighted by Gasteiger charge is -2.35. The second-order valence-electron chi connectivity index (χ2n) is 4.90. The summed E-state index contributed by atoms with van der Waals surface area (Å²) in [7, 11) is 3.51. The Morgan fingerprint density at radius 1 is 1.71 bits per heavy atom. The predicted molar refractivity (Wildman–Crippen MR) is 64.0 cm³/mol. The molecule has 1 saturated heterocycles. The lowest BCUT2D eigenvalue weighted by molar-refractivity contribution is -0.136. The van der Waals surface area contributed by atoms with Crippen LogP contribution in [0.3, 0.4) is 0 Å². The Bertz CT molecular complexity index is 304. The van der Waals surface area contributed by atoms with Crippen LogP contribution < -0.4 is 5.32 Å². The van der Waals surface area contributed by atoms with Crippen LogP contribution in [0.4, 0.5) is 0 Å². The fourth-order valence-electron chi connectivity index (χ4n) is 2.14. The third kappa shape index (κ3) is 2.95. The molecule has 0 saturated carbocycles. The molecule has 6 nitrogen and oxygen atoms in total. The van der Waals surface area contributed by atoms with Gasteiger partial charge in [0.2, 0.25) is 5.91 Å². The Morgan fingerprint density at radius 2 is 2.35 bits per heavy atom. The molecule has 1 amide bonds. The number of hydrogen-bond donors (Lipinski definition) is 2. The van der Waals surface area contributed by atoms with Crippen LogP contribution in [0.2, 0.25) is 0 Å². The van der Waals surface area contributed by atoms with Crippen LogP contribution >= 0.6 is 0 Å². The van der Waals surface area contributed by atoms with E-state index in [-0.39, 0.29) is 12.1 Å². The SMILES string of the molecule is CNC(=O)C(C1OCCN1C)C(C)(C)C=NO. The molecular formula is C11H21N3O3. The summed E-state index contributed by atoms with van der Waals surface area (Å²) >= 11 is 0. The average molecular weight is 243 g/mol.